The van der Waals surface area contributed by atoms with Gasteiger partial charge in [0.2, 0.25) is 5.91 Å². The topological polar surface area (TPSA) is 61.9 Å². The summed E-state index contributed by atoms with van der Waals surface area (Å²) in [6, 6.07) is 13.3. The van der Waals surface area contributed by atoms with Crippen LogP contribution in [0.15, 0.2) is 55.0 Å². The summed E-state index contributed by atoms with van der Waals surface area (Å²) < 4.78 is 3.82. The van der Waals surface area contributed by atoms with Crippen molar-refractivity contribution in [2.24, 2.45) is 5.92 Å². The summed E-state index contributed by atoms with van der Waals surface area (Å²) >= 11 is 1.66. The van der Waals surface area contributed by atoms with E-state index in [-0.39, 0.29) is 11.8 Å². The number of carbonyl (C=O) groups is 1. The fourth-order valence-electron chi connectivity index (χ4n) is 2.92. The predicted molar refractivity (Wildman–Crippen MR) is 94.8 cm³/mol. The first-order valence-electron chi connectivity index (χ1n) is 7.62. The first-order valence-corrected chi connectivity index (χ1v) is 8.56. The number of anilines is 1. The van der Waals surface area contributed by atoms with Gasteiger partial charge < -0.3 is 4.31 Å². The maximum absolute atomic E-state index is 12.9. The van der Waals surface area contributed by atoms with Crippen LogP contribution in [0.1, 0.15) is 10.4 Å². The summed E-state index contributed by atoms with van der Waals surface area (Å²) in [5, 5.41) is 9.90. The second-order valence-electron chi connectivity index (χ2n) is 5.67. The molecule has 1 atom stereocenters. The number of nitriles is 1. The SMILES string of the molecule is N#Cc1ccc2c(ccn2C(=O)C2CSN(c3cccnc3)C2)c1. The van der Waals surface area contributed by atoms with E-state index in [2.05, 4.69) is 15.4 Å². The van der Waals surface area contributed by atoms with Crippen molar-refractivity contribution in [1.29, 1.82) is 5.26 Å². The molecule has 0 radical (unpaired) electrons. The molecule has 1 aliphatic heterocycles. The van der Waals surface area contributed by atoms with Crippen LogP contribution in [0.2, 0.25) is 0 Å². The van der Waals surface area contributed by atoms with Crippen molar-refractivity contribution in [2.75, 3.05) is 16.6 Å². The highest BCUT2D eigenvalue weighted by Crippen LogP contribution is 2.32. The molecule has 1 saturated heterocycles. The first-order chi connectivity index (χ1) is 11.8. The molecule has 4 rings (SSSR count). The first kappa shape index (κ1) is 14.8. The molecule has 0 N–H and O–H groups in total. The molecular formula is C18H14N4OS. The Morgan fingerprint density at radius 2 is 2.25 bits per heavy atom. The zero-order chi connectivity index (χ0) is 16.5. The lowest BCUT2D eigenvalue weighted by Crippen LogP contribution is -2.26. The highest BCUT2D eigenvalue weighted by molar-refractivity contribution is 8.00. The Labute approximate surface area is 143 Å². The van der Waals surface area contributed by atoms with E-state index in [9.17, 15) is 4.79 Å². The van der Waals surface area contributed by atoms with Gasteiger partial charge in [0.1, 0.15) is 0 Å². The number of benzene rings is 1. The fraction of sp³-hybridized carbons (Fsp3) is 0.167. The molecule has 6 heteroatoms. The molecule has 1 aromatic carbocycles. The number of fused-ring (bicyclic) bond motifs is 1. The second-order valence-corrected chi connectivity index (χ2v) is 6.71. The minimum Gasteiger partial charge on any atom is -0.314 e. The van der Waals surface area contributed by atoms with Crippen LogP contribution in [0.4, 0.5) is 5.69 Å². The standard InChI is InChI=1S/C18H14N4OS/c19-9-13-3-4-17-14(8-13)5-7-21(17)18(23)15-11-22(24-12-15)16-2-1-6-20-10-16/h1-8,10,15H,11-12H2. The monoisotopic (exact) mass is 334 g/mol. The van der Waals surface area contributed by atoms with E-state index >= 15 is 0 Å². The molecule has 0 saturated carbocycles. The summed E-state index contributed by atoms with van der Waals surface area (Å²) in [5.74, 6) is 0.777. The highest BCUT2D eigenvalue weighted by atomic mass is 32.2. The van der Waals surface area contributed by atoms with E-state index in [4.69, 9.17) is 5.26 Å². The third-order valence-electron chi connectivity index (χ3n) is 4.16. The molecule has 118 valence electrons. The average Bonchev–Trinajstić information content (AvgIpc) is 3.28. The van der Waals surface area contributed by atoms with E-state index < -0.39 is 0 Å². The number of carbonyl (C=O) groups excluding carboxylic acids is 1. The van der Waals surface area contributed by atoms with Crippen molar-refractivity contribution < 1.29 is 4.79 Å². The third kappa shape index (κ3) is 2.53. The Hall–Kier alpha value is -2.78. The summed E-state index contributed by atoms with van der Waals surface area (Å²) in [4.78, 5) is 17.0. The second kappa shape index (κ2) is 6.02. The number of rotatable bonds is 2. The fourth-order valence-corrected chi connectivity index (χ4v) is 4.07. The number of hydrogen-bond acceptors (Lipinski definition) is 5. The normalized spacial score (nSPS) is 17.1. The summed E-state index contributed by atoms with van der Waals surface area (Å²) in [5.41, 5.74) is 2.48. The largest absolute Gasteiger partial charge is 0.314 e. The van der Waals surface area contributed by atoms with Gasteiger partial charge in [-0.1, -0.05) is 0 Å². The maximum atomic E-state index is 12.9. The average molecular weight is 334 g/mol. The van der Waals surface area contributed by atoms with Crippen molar-refractivity contribution >= 4 is 34.4 Å². The van der Waals surface area contributed by atoms with Crippen molar-refractivity contribution in [3.8, 4) is 6.07 Å². The molecule has 24 heavy (non-hydrogen) atoms. The van der Waals surface area contributed by atoms with Gasteiger partial charge in [0.05, 0.1) is 35.0 Å². The van der Waals surface area contributed by atoms with E-state index in [1.807, 2.05) is 36.5 Å². The van der Waals surface area contributed by atoms with E-state index in [1.165, 1.54) is 0 Å². The molecule has 1 aliphatic rings. The summed E-state index contributed by atoms with van der Waals surface area (Å²) in [6.45, 7) is 0.672. The van der Waals surface area contributed by atoms with Crippen LogP contribution in [0.25, 0.3) is 10.9 Å². The van der Waals surface area contributed by atoms with Gasteiger partial charge in [-0.2, -0.15) is 5.26 Å². The highest BCUT2D eigenvalue weighted by Gasteiger charge is 2.31. The lowest BCUT2D eigenvalue weighted by molar-refractivity contribution is 0.0862. The van der Waals surface area contributed by atoms with Gasteiger partial charge in [0.15, 0.2) is 0 Å². The number of aromatic nitrogens is 2. The predicted octanol–water partition coefficient (Wildman–Crippen LogP) is 3.33. The molecule has 3 aromatic rings. The van der Waals surface area contributed by atoms with Crippen LogP contribution < -0.4 is 4.31 Å². The molecule has 5 nitrogen and oxygen atoms in total. The quantitative estimate of drug-likeness (QED) is 0.673. The lowest BCUT2D eigenvalue weighted by Gasteiger charge is -2.16. The minimum absolute atomic E-state index is 0.0681. The minimum atomic E-state index is -0.0681. The van der Waals surface area contributed by atoms with Crippen molar-refractivity contribution in [3.63, 3.8) is 0 Å². The molecule has 1 fully saturated rings. The Morgan fingerprint density at radius 1 is 1.33 bits per heavy atom. The van der Waals surface area contributed by atoms with Gasteiger partial charge in [-0.05, 0) is 48.3 Å². The molecule has 1 unspecified atom stereocenters. The van der Waals surface area contributed by atoms with Crippen molar-refractivity contribution in [2.45, 2.75) is 0 Å². The molecule has 0 bridgehead atoms. The number of hydrogen-bond donors (Lipinski definition) is 0. The Kier molecular flexibility index (Phi) is 3.71. The van der Waals surface area contributed by atoms with Crippen LogP contribution in [0.5, 0.6) is 0 Å². The van der Waals surface area contributed by atoms with Crippen LogP contribution in [-0.2, 0) is 0 Å². The van der Waals surface area contributed by atoms with Crippen LogP contribution in [0.3, 0.4) is 0 Å². The van der Waals surface area contributed by atoms with Gasteiger partial charge in [-0.15, -0.1) is 0 Å². The number of pyridine rings is 1. The zero-order valence-electron chi connectivity index (χ0n) is 12.8. The van der Waals surface area contributed by atoms with E-state index in [0.717, 1.165) is 22.3 Å². The van der Waals surface area contributed by atoms with Gasteiger partial charge in [0.25, 0.3) is 0 Å². The van der Waals surface area contributed by atoms with E-state index in [0.29, 0.717) is 12.1 Å². The number of nitrogens with zero attached hydrogens (tertiary/aromatic N) is 4. The molecule has 0 aliphatic carbocycles. The van der Waals surface area contributed by atoms with Crippen LogP contribution in [-0.4, -0.2) is 27.8 Å². The molecule has 3 heterocycles. The lowest BCUT2D eigenvalue weighted by atomic mass is 10.1. The molecule has 0 spiro atoms. The van der Waals surface area contributed by atoms with Gasteiger partial charge in [0, 0.05) is 30.1 Å². The van der Waals surface area contributed by atoms with Crippen LogP contribution >= 0.6 is 11.9 Å². The Morgan fingerprint density at radius 3 is 3.04 bits per heavy atom. The maximum Gasteiger partial charge on any atom is 0.236 e. The van der Waals surface area contributed by atoms with Crippen LogP contribution in [0, 0.1) is 17.2 Å². The van der Waals surface area contributed by atoms with E-state index in [1.54, 1.807) is 35.0 Å². The van der Waals surface area contributed by atoms with Crippen molar-refractivity contribution in [1.82, 2.24) is 9.55 Å². The Balaban J connectivity index is 1.58. The smallest absolute Gasteiger partial charge is 0.236 e. The van der Waals surface area contributed by atoms with Gasteiger partial charge in [-0.3, -0.25) is 14.3 Å². The molecule has 2 aromatic heterocycles. The third-order valence-corrected chi connectivity index (χ3v) is 5.38. The Bertz CT molecular complexity index is 945. The van der Waals surface area contributed by atoms with Gasteiger partial charge >= 0.3 is 0 Å². The zero-order valence-corrected chi connectivity index (χ0v) is 13.6. The van der Waals surface area contributed by atoms with Crippen molar-refractivity contribution in [3.05, 3.63) is 60.6 Å². The molecular weight excluding hydrogens is 320 g/mol. The molecule has 0 amide bonds. The van der Waals surface area contributed by atoms with Gasteiger partial charge in [-0.25, -0.2) is 0 Å². The summed E-state index contributed by atoms with van der Waals surface area (Å²) in [6.07, 6.45) is 5.36. The summed E-state index contributed by atoms with van der Waals surface area (Å²) in [7, 11) is 0.